The predicted molar refractivity (Wildman–Crippen MR) is 118 cm³/mol. The molecule has 0 radical (unpaired) electrons. The van der Waals surface area contributed by atoms with Gasteiger partial charge in [-0.3, -0.25) is 4.79 Å². The number of nitrogens with zero attached hydrogens (tertiary/aromatic N) is 1. The molecule has 6 heteroatoms. The molecule has 1 saturated heterocycles. The molecule has 1 aliphatic heterocycles. The van der Waals surface area contributed by atoms with Crippen molar-refractivity contribution in [1.29, 1.82) is 0 Å². The molecule has 162 valence electrons. The fourth-order valence-corrected chi connectivity index (χ4v) is 3.96. The maximum atomic E-state index is 12.8. The van der Waals surface area contributed by atoms with Crippen LogP contribution in [0.5, 0.6) is 11.5 Å². The molecule has 0 bridgehead atoms. The Bertz CT molecular complexity index is 878. The Labute approximate surface area is 183 Å². The van der Waals surface area contributed by atoms with Crippen molar-refractivity contribution in [2.24, 2.45) is 0 Å². The Balaban J connectivity index is 1.57. The van der Waals surface area contributed by atoms with Crippen LogP contribution in [0.2, 0.25) is 5.02 Å². The molecule has 2 aromatic carbocycles. The van der Waals surface area contributed by atoms with Gasteiger partial charge in [0.2, 0.25) is 5.91 Å². The third kappa shape index (κ3) is 5.67. The molecule has 30 heavy (non-hydrogen) atoms. The van der Waals surface area contributed by atoms with Gasteiger partial charge in [0.05, 0.1) is 13.5 Å². The summed E-state index contributed by atoms with van der Waals surface area (Å²) in [7, 11) is 1.62. The average Bonchev–Trinajstić information content (AvgIpc) is 2.92. The number of hydrogen-bond donors (Lipinski definition) is 1. The number of amides is 1. The number of likely N-dealkylation sites (tertiary alicyclic amines) is 1. The first-order valence-corrected chi connectivity index (χ1v) is 10.7. The molecule has 0 saturated carbocycles. The van der Waals surface area contributed by atoms with Gasteiger partial charge in [-0.2, -0.15) is 0 Å². The SMILES string of the molecule is COc1cccc(CC(=O)N2CCCC(O)(COc3cc(C)c(Cl)c(C)c3)CC2)c1. The highest BCUT2D eigenvalue weighted by Gasteiger charge is 2.32. The second kappa shape index (κ2) is 9.71. The summed E-state index contributed by atoms with van der Waals surface area (Å²) >= 11 is 6.22. The summed E-state index contributed by atoms with van der Waals surface area (Å²) in [5, 5.41) is 11.8. The maximum absolute atomic E-state index is 12.8. The van der Waals surface area contributed by atoms with E-state index in [1.807, 2.05) is 55.1 Å². The van der Waals surface area contributed by atoms with Crippen molar-refractivity contribution in [1.82, 2.24) is 4.90 Å². The number of carbonyl (C=O) groups is 1. The van der Waals surface area contributed by atoms with Crippen molar-refractivity contribution in [3.8, 4) is 11.5 Å². The highest BCUT2D eigenvalue weighted by molar-refractivity contribution is 6.32. The second-order valence-electron chi connectivity index (χ2n) is 8.15. The highest BCUT2D eigenvalue weighted by atomic mass is 35.5. The molecule has 0 spiro atoms. The number of carbonyl (C=O) groups excluding carboxylic acids is 1. The molecule has 1 fully saturated rings. The van der Waals surface area contributed by atoms with Crippen molar-refractivity contribution in [3.05, 3.63) is 58.1 Å². The van der Waals surface area contributed by atoms with E-state index in [1.54, 1.807) is 7.11 Å². The highest BCUT2D eigenvalue weighted by Crippen LogP contribution is 2.28. The molecule has 5 nitrogen and oxygen atoms in total. The topological polar surface area (TPSA) is 59.0 Å². The van der Waals surface area contributed by atoms with E-state index in [0.29, 0.717) is 38.1 Å². The van der Waals surface area contributed by atoms with Crippen molar-refractivity contribution >= 4 is 17.5 Å². The Morgan fingerprint density at radius 2 is 1.87 bits per heavy atom. The molecular weight excluding hydrogens is 402 g/mol. The molecule has 1 unspecified atom stereocenters. The quantitative estimate of drug-likeness (QED) is 0.739. The lowest BCUT2D eigenvalue weighted by molar-refractivity contribution is -0.130. The Hall–Kier alpha value is -2.24. The van der Waals surface area contributed by atoms with Crippen LogP contribution >= 0.6 is 11.6 Å². The van der Waals surface area contributed by atoms with Crippen molar-refractivity contribution in [2.75, 3.05) is 26.8 Å². The van der Waals surface area contributed by atoms with Crippen LogP contribution < -0.4 is 9.47 Å². The standard InChI is InChI=1S/C24H30ClNO4/c1-17-12-21(13-18(2)23(17)25)30-16-24(28)8-5-10-26(11-9-24)22(27)15-19-6-4-7-20(14-19)29-3/h4,6-7,12-14,28H,5,8-11,15-16H2,1-3H3. The average molecular weight is 432 g/mol. The number of ether oxygens (including phenoxy) is 2. The van der Waals surface area contributed by atoms with Crippen LogP contribution in [0.15, 0.2) is 36.4 Å². The third-order valence-corrected chi connectivity index (χ3v) is 6.27. The van der Waals surface area contributed by atoms with E-state index in [9.17, 15) is 9.90 Å². The summed E-state index contributed by atoms with van der Waals surface area (Å²) in [5.74, 6) is 1.52. The molecule has 3 rings (SSSR count). The van der Waals surface area contributed by atoms with Crippen LogP contribution in [0.1, 0.15) is 36.0 Å². The Kier molecular flexibility index (Phi) is 7.27. The number of aliphatic hydroxyl groups is 1. The Morgan fingerprint density at radius 3 is 2.57 bits per heavy atom. The predicted octanol–water partition coefficient (Wildman–Crippen LogP) is 4.33. The lowest BCUT2D eigenvalue weighted by Crippen LogP contribution is -2.38. The van der Waals surface area contributed by atoms with Gasteiger partial charge in [0, 0.05) is 18.1 Å². The molecule has 1 atom stereocenters. The zero-order chi connectivity index (χ0) is 21.7. The van der Waals surface area contributed by atoms with Crippen molar-refractivity contribution < 1.29 is 19.4 Å². The van der Waals surface area contributed by atoms with Gasteiger partial charge in [-0.15, -0.1) is 0 Å². The molecule has 1 amide bonds. The molecule has 2 aromatic rings. The molecule has 0 aliphatic carbocycles. The van der Waals surface area contributed by atoms with Gasteiger partial charge in [0.15, 0.2) is 0 Å². The van der Waals surface area contributed by atoms with Crippen LogP contribution in [-0.4, -0.2) is 48.3 Å². The van der Waals surface area contributed by atoms with Crippen LogP contribution in [0.4, 0.5) is 0 Å². The van der Waals surface area contributed by atoms with Gasteiger partial charge in [0.25, 0.3) is 0 Å². The largest absolute Gasteiger partial charge is 0.497 e. The van der Waals surface area contributed by atoms with E-state index < -0.39 is 5.60 Å². The molecule has 1 aliphatic rings. The number of halogens is 1. The van der Waals surface area contributed by atoms with Gasteiger partial charge in [-0.1, -0.05) is 23.7 Å². The van der Waals surface area contributed by atoms with E-state index in [-0.39, 0.29) is 12.5 Å². The van der Waals surface area contributed by atoms with Crippen LogP contribution in [-0.2, 0) is 11.2 Å². The molecule has 1 N–H and O–H groups in total. The normalized spacial score (nSPS) is 19.3. The monoisotopic (exact) mass is 431 g/mol. The summed E-state index contributed by atoms with van der Waals surface area (Å²) in [6.45, 7) is 5.24. The lowest BCUT2D eigenvalue weighted by atomic mass is 9.96. The first-order valence-electron chi connectivity index (χ1n) is 10.3. The number of hydrogen-bond acceptors (Lipinski definition) is 4. The first kappa shape index (κ1) is 22.4. The van der Waals surface area contributed by atoms with Crippen LogP contribution in [0.25, 0.3) is 0 Å². The van der Waals surface area contributed by atoms with E-state index in [1.165, 1.54) is 0 Å². The summed E-state index contributed by atoms with van der Waals surface area (Å²) in [4.78, 5) is 14.6. The summed E-state index contributed by atoms with van der Waals surface area (Å²) in [6.07, 6.45) is 2.15. The number of methoxy groups -OCH3 is 1. The molecule has 0 aromatic heterocycles. The number of benzene rings is 2. The van der Waals surface area contributed by atoms with Crippen molar-refractivity contribution in [3.63, 3.8) is 0 Å². The van der Waals surface area contributed by atoms with Crippen molar-refractivity contribution in [2.45, 2.75) is 45.1 Å². The molecule has 1 heterocycles. The van der Waals surface area contributed by atoms with Crippen LogP contribution in [0, 0.1) is 13.8 Å². The van der Waals surface area contributed by atoms with Gasteiger partial charge in [0.1, 0.15) is 23.7 Å². The zero-order valence-electron chi connectivity index (χ0n) is 17.9. The van der Waals surface area contributed by atoms with E-state index >= 15 is 0 Å². The summed E-state index contributed by atoms with van der Waals surface area (Å²) in [5.41, 5.74) is 1.88. The van der Waals surface area contributed by atoms with Crippen LogP contribution in [0.3, 0.4) is 0 Å². The van der Waals surface area contributed by atoms with E-state index in [0.717, 1.165) is 33.9 Å². The fourth-order valence-electron chi connectivity index (χ4n) is 3.85. The second-order valence-corrected chi connectivity index (χ2v) is 8.52. The molecular formula is C24H30ClNO4. The number of rotatable bonds is 6. The minimum atomic E-state index is -0.952. The van der Waals surface area contributed by atoms with Gasteiger partial charge < -0.3 is 19.5 Å². The van der Waals surface area contributed by atoms with Gasteiger partial charge in [-0.25, -0.2) is 0 Å². The smallest absolute Gasteiger partial charge is 0.226 e. The minimum Gasteiger partial charge on any atom is -0.497 e. The minimum absolute atomic E-state index is 0.0670. The maximum Gasteiger partial charge on any atom is 0.226 e. The summed E-state index contributed by atoms with van der Waals surface area (Å²) < 4.78 is 11.1. The fraction of sp³-hybridized carbons (Fsp3) is 0.458. The Morgan fingerprint density at radius 1 is 1.13 bits per heavy atom. The van der Waals surface area contributed by atoms with Gasteiger partial charge in [-0.05, 0) is 74.1 Å². The van der Waals surface area contributed by atoms with E-state index in [2.05, 4.69) is 0 Å². The van der Waals surface area contributed by atoms with Gasteiger partial charge >= 0.3 is 0 Å². The van der Waals surface area contributed by atoms with E-state index in [4.69, 9.17) is 21.1 Å². The number of aryl methyl sites for hydroxylation is 2. The zero-order valence-corrected chi connectivity index (χ0v) is 18.7. The first-order chi connectivity index (χ1) is 14.3. The third-order valence-electron chi connectivity index (χ3n) is 5.68. The lowest BCUT2D eigenvalue weighted by Gasteiger charge is -2.27. The summed E-state index contributed by atoms with van der Waals surface area (Å²) in [6, 6.07) is 11.3.